The van der Waals surface area contributed by atoms with Gasteiger partial charge in [-0.05, 0) is 49.6 Å². The van der Waals surface area contributed by atoms with Gasteiger partial charge in [-0.25, -0.2) is 4.98 Å². The molecule has 4 rings (SSSR count). The number of thioether (sulfide) groups is 1. The molecule has 0 amide bonds. The topological polar surface area (TPSA) is 48.0 Å². The number of fused-ring (bicyclic) bond motifs is 1. The normalized spacial score (nSPS) is 11.4. The summed E-state index contributed by atoms with van der Waals surface area (Å²) in [5.41, 5.74) is 3.52. The molecule has 0 aliphatic heterocycles. The summed E-state index contributed by atoms with van der Waals surface area (Å²) in [6.07, 6.45) is 1.63. The quantitative estimate of drug-likeness (QED) is 0.338. The molecule has 0 aliphatic carbocycles. The van der Waals surface area contributed by atoms with Crippen molar-refractivity contribution in [2.24, 2.45) is 0 Å². The average Bonchev–Trinajstić information content (AvgIpc) is 3.26. The minimum Gasteiger partial charge on any atom is -0.467 e. The Morgan fingerprint density at radius 1 is 1.15 bits per heavy atom. The summed E-state index contributed by atoms with van der Waals surface area (Å²) in [6, 6.07) is 12.0. The van der Waals surface area contributed by atoms with Gasteiger partial charge < -0.3 is 4.42 Å². The molecule has 0 N–H and O–H groups in total. The fraction of sp³-hybridized carbons (Fsp3) is 0.238. The average molecular weight is 397 g/mol. The summed E-state index contributed by atoms with van der Waals surface area (Å²) >= 11 is 3.18. The highest BCUT2D eigenvalue weighted by Crippen LogP contribution is 2.30. The zero-order chi connectivity index (χ0) is 19.0. The van der Waals surface area contributed by atoms with Gasteiger partial charge in [0.25, 0.3) is 5.56 Å². The molecule has 4 nitrogen and oxygen atoms in total. The van der Waals surface area contributed by atoms with Crippen LogP contribution in [0.2, 0.25) is 0 Å². The van der Waals surface area contributed by atoms with E-state index in [4.69, 9.17) is 9.40 Å². The fourth-order valence-corrected chi connectivity index (χ4v) is 5.18. The van der Waals surface area contributed by atoms with Crippen LogP contribution in [0.25, 0.3) is 10.2 Å². The molecule has 0 saturated heterocycles. The van der Waals surface area contributed by atoms with E-state index in [2.05, 4.69) is 19.1 Å². The SMILES string of the molecule is Cc1ccccc1CSc1nc2sc(C)c(C)c2c(=O)n1Cc1ccco1. The van der Waals surface area contributed by atoms with Gasteiger partial charge in [0, 0.05) is 10.6 Å². The third-order valence-corrected chi connectivity index (χ3v) is 6.89. The van der Waals surface area contributed by atoms with Crippen molar-refractivity contribution in [2.75, 3.05) is 0 Å². The van der Waals surface area contributed by atoms with Gasteiger partial charge >= 0.3 is 0 Å². The van der Waals surface area contributed by atoms with Crippen molar-refractivity contribution < 1.29 is 4.42 Å². The van der Waals surface area contributed by atoms with Crippen molar-refractivity contribution in [1.29, 1.82) is 0 Å². The van der Waals surface area contributed by atoms with E-state index in [1.165, 1.54) is 11.1 Å². The lowest BCUT2D eigenvalue weighted by molar-refractivity contribution is 0.476. The van der Waals surface area contributed by atoms with Gasteiger partial charge in [-0.2, -0.15) is 0 Å². The molecule has 0 aliphatic rings. The molecule has 0 radical (unpaired) electrons. The first kappa shape index (κ1) is 18.1. The van der Waals surface area contributed by atoms with E-state index in [9.17, 15) is 4.79 Å². The number of hydrogen-bond acceptors (Lipinski definition) is 5. The Bertz CT molecular complexity index is 1160. The predicted octanol–water partition coefficient (Wildman–Crippen LogP) is 5.32. The first-order valence-electron chi connectivity index (χ1n) is 8.75. The largest absolute Gasteiger partial charge is 0.467 e. The summed E-state index contributed by atoms with van der Waals surface area (Å²) in [5.74, 6) is 1.52. The number of nitrogens with zero attached hydrogens (tertiary/aromatic N) is 2. The molecule has 0 bridgehead atoms. The smallest absolute Gasteiger partial charge is 0.263 e. The Morgan fingerprint density at radius 3 is 2.70 bits per heavy atom. The van der Waals surface area contributed by atoms with Crippen LogP contribution in [0.15, 0.2) is 57.0 Å². The van der Waals surface area contributed by atoms with Gasteiger partial charge in [-0.1, -0.05) is 36.0 Å². The van der Waals surface area contributed by atoms with E-state index in [1.54, 1.807) is 33.9 Å². The third kappa shape index (κ3) is 3.47. The van der Waals surface area contributed by atoms with Crippen LogP contribution in [0.4, 0.5) is 0 Å². The van der Waals surface area contributed by atoms with E-state index < -0.39 is 0 Å². The molecular weight excluding hydrogens is 376 g/mol. The van der Waals surface area contributed by atoms with Crippen LogP contribution in [-0.4, -0.2) is 9.55 Å². The molecule has 4 aromatic rings. The maximum absolute atomic E-state index is 13.3. The Kier molecular flexibility index (Phi) is 4.93. The highest BCUT2D eigenvalue weighted by atomic mass is 32.2. The summed E-state index contributed by atoms with van der Waals surface area (Å²) < 4.78 is 7.22. The zero-order valence-corrected chi connectivity index (χ0v) is 17.1. The highest BCUT2D eigenvalue weighted by molar-refractivity contribution is 7.98. The van der Waals surface area contributed by atoms with Crippen molar-refractivity contribution in [3.8, 4) is 0 Å². The Labute approximate surface area is 165 Å². The van der Waals surface area contributed by atoms with Crippen molar-refractivity contribution in [3.05, 3.63) is 80.3 Å². The molecule has 0 fully saturated rings. The molecule has 0 atom stereocenters. The highest BCUT2D eigenvalue weighted by Gasteiger charge is 2.18. The molecule has 3 heterocycles. The Balaban J connectivity index is 1.79. The summed E-state index contributed by atoms with van der Waals surface area (Å²) in [4.78, 5) is 20.1. The van der Waals surface area contributed by atoms with Gasteiger partial charge in [0.1, 0.15) is 10.6 Å². The third-order valence-electron chi connectivity index (χ3n) is 4.77. The van der Waals surface area contributed by atoms with E-state index in [1.807, 2.05) is 38.1 Å². The first-order valence-corrected chi connectivity index (χ1v) is 10.5. The van der Waals surface area contributed by atoms with Gasteiger partial charge in [-0.15, -0.1) is 11.3 Å². The fourth-order valence-electron chi connectivity index (χ4n) is 3.03. The van der Waals surface area contributed by atoms with E-state index >= 15 is 0 Å². The second-order valence-corrected chi connectivity index (χ2v) is 8.69. The standard InChI is InChI=1S/C21H20N2O2S2/c1-13-7-4-5-8-16(13)12-26-21-22-19-18(14(2)15(3)27-19)20(24)23(21)11-17-9-6-10-25-17/h4-10H,11-12H2,1-3H3. The van der Waals surface area contributed by atoms with Crippen LogP contribution in [0.3, 0.4) is 0 Å². The van der Waals surface area contributed by atoms with Crippen LogP contribution in [0.1, 0.15) is 27.3 Å². The molecule has 6 heteroatoms. The van der Waals surface area contributed by atoms with Gasteiger partial charge in [-0.3, -0.25) is 9.36 Å². The molecular formula is C21H20N2O2S2. The molecule has 0 spiro atoms. The number of benzene rings is 1. The molecule has 0 saturated carbocycles. The number of rotatable bonds is 5. The van der Waals surface area contributed by atoms with E-state index in [-0.39, 0.29) is 5.56 Å². The summed E-state index contributed by atoms with van der Waals surface area (Å²) in [5, 5.41) is 1.46. The van der Waals surface area contributed by atoms with Crippen LogP contribution in [0, 0.1) is 20.8 Å². The molecule has 27 heavy (non-hydrogen) atoms. The minimum atomic E-state index is 0.00512. The Hall–Kier alpha value is -2.31. The Morgan fingerprint density at radius 2 is 1.96 bits per heavy atom. The molecule has 3 aromatic heterocycles. The molecule has 1 aromatic carbocycles. The lowest BCUT2D eigenvalue weighted by Crippen LogP contribution is -2.23. The van der Waals surface area contributed by atoms with Crippen molar-refractivity contribution in [3.63, 3.8) is 0 Å². The monoisotopic (exact) mass is 396 g/mol. The summed E-state index contributed by atoms with van der Waals surface area (Å²) in [7, 11) is 0. The number of hydrogen-bond donors (Lipinski definition) is 0. The lowest BCUT2D eigenvalue weighted by Gasteiger charge is -2.12. The van der Waals surface area contributed by atoms with Gasteiger partial charge in [0.05, 0.1) is 18.2 Å². The van der Waals surface area contributed by atoms with E-state index in [0.29, 0.717) is 6.54 Å². The minimum absolute atomic E-state index is 0.00512. The van der Waals surface area contributed by atoms with Crippen molar-refractivity contribution in [2.45, 2.75) is 38.2 Å². The zero-order valence-electron chi connectivity index (χ0n) is 15.5. The second kappa shape index (κ2) is 7.37. The maximum Gasteiger partial charge on any atom is 0.263 e. The predicted molar refractivity (Wildman–Crippen MR) is 112 cm³/mol. The van der Waals surface area contributed by atoms with Crippen LogP contribution in [0.5, 0.6) is 0 Å². The summed E-state index contributed by atoms with van der Waals surface area (Å²) in [6.45, 7) is 6.53. The van der Waals surface area contributed by atoms with Crippen LogP contribution in [-0.2, 0) is 12.3 Å². The van der Waals surface area contributed by atoms with Gasteiger partial charge in [0.2, 0.25) is 0 Å². The number of thiophene rings is 1. The lowest BCUT2D eigenvalue weighted by atomic mass is 10.1. The van der Waals surface area contributed by atoms with Crippen molar-refractivity contribution >= 4 is 33.3 Å². The number of aromatic nitrogens is 2. The number of furan rings is 1. The molecule has 138 valence electrons. The van der Waals surface area contributed by atoms with Gasteiger partial charge in [0.15, 0.2) is 5.16 Å². The van der Waals surface area contributed by atoms with Crippen molar-refractivity contribution in [1.82, 2.24) is 9.55 Å². The molecule has 0 unspecified atom stereocenters. The maximum atomic E-state index is 13.3. The number of aryl methyl sites for hydroxylation is 3. The van der Waals surface area contributed by atoms with Crippen LogP contribution < -0.4 is 5.56 Å². The van der Waals surface area contributed by atoms with Crippen LogP contribution >= 0.6 is 23.1 Å². The first-order chi connectivity index (χ1) is 13.0. The van der Waals surface area contributed by atoms with E-state index in [0.717, 1.165) is 37.3 Å². The second-order valence-electron chi connectivity index (χ2n) is 6.54.